The van der Waals surface area contributed by atoms with Gasteiger partial charge in [-0.05, 0) is 52.9 Å². The summed E-state index contributed by atoms with van der Waals surface area (Å²) < 4.78 is 5.89. The second kappa shape index (κ2) is 6.59. The van der Waals surface area contributed by atoms with Crippen LogP contribution in [0, 0.1) is 5.92 Å². The van der Waals surface area contributed by atoms with E-state index in [1.165, 1.54) is 6.08 Å². The van der Waals surface area contributed by atoms with Crippen LogP contribution in [0.15, 0.2) is 27.3 Å². The lowest BCUT2D eigenvalue weighted by Crippen LogP contribution is -2.45. The number of aliphatic hydroxyl groups is 1. The van der Waals surface area contributed by atoms with Gasteiger partial charge in [0.2, 0.25) is 5.91 Å². The van der Waals surface area contributed by atoms with Crippen molar-refractivity contribution < 1.29 is 14.3 Å². The van der Waals surface area contributed by atoms with Crippen molar-refractivity contribution in [1.82, 2.24) is 5.32 Å². The zero-order valence-corrected chi connectivity index (χ0v) is 13.1. The van der Waals surface area contributed by atoms with Crippen molar-refractivity contribution in [1.29, 1.82) is 0 Å². The third-order valence-corrected chi connectivity index (χ3v) is 4.08. The van der Waals surface area contributed by atoms with Crippen LogP contribution >= 0.6 is 15.9 Å². The highest BCUT2D eigenvalue weighted by molar-refractivity contribution is 9.10. The molecular weight excluding hydrogens is 322 g/mol. The Morgan fingerprint density at radius 2 is 2.45 bits per heavy atom. The van der Waals surface area contributed by atoms with Crippen LogP contribution in [-0.4, -0.2) is 23.2 Å². The molecular formula is C15H20BrNO3. The molecule has 1 aliphatic rings. The minimum absolute atomic E-state index is 0.218. The van der Waals surface area contributed by atoms with E-state index < -0.39 is 5.60 Å². The van der Waals surface area contributed by atoms with Crippen LogP contribution in [0.2, 0.25) is 0 Å². The van der Waals surface area contributed by atoms with E-state index >= 15 is 0 Å². The molecule has 1 aromatic rings. The van der Waals surface area contributed by atoms with Gasteiger partial charge in [-0.15, -0.1) is 0 Å². The Morgan fingerprint density at radius 1 is 1.65 bits per heavy atom. The van der Waals surface area contributed by atoms with Crippen LogP contribution in [0.4, 0.5) is 0 Å². The van der Waals surface area contributed by atoms with Crippen LogP contribution in [0.1, 0.15) is 38.4 Å². The van der Waals surface area contributed by atoms with Gasteiger partial charge in [0, 0.05) is 12.6 Å². The van der Waals surface area contributed by atoms with Crippen molar-refractivity contribution in [2.45, 2.75) is 38.2 Å². The lowest BCUT2D eigenvalue weighted by Gasteiger charge is -2.35. The molecule has 0 spiro atoms. The minimum Gasteiger partial charge on any atom is -0.450 e. The number of carbonyl (C=O) groups is 1. The number of rotatable bonds is 4. The van der Waals surface area contributed by atoms with E-state index in [9.17, 15) is 9.90 Å². The fourth-order valence-electron chi connectivity index (χ4n) is 2.68. The number of hydrogen-bond acceptors (Lipinski definition) is 3. The Kier molecular flexibility index (Phi) is 5.05. The summed E-state index contributed by atoms with van der Waals surface area (Å²) in [7, 11) is 0. The van der Waals surface area contributed by atoms with E-state index in [2.05, 4.69) is 28.2 Å². The predicted octanol–water partition coefficient (Wildman–Crippen LogP) is 3.11. The summed E-state index contributed by atoms with van der Waals surface area (Å²) in [5.74, 6) is 0.905. The van der Waals surface area contributed by atoms with Gasteiger partial charge in [0.1, 0.15) is 5.76 Å². The predicted molar refractivity (Wildman–Crippen MR) is 81.0 cm³/mol. The summed E-state index contributed by atoms with van der Waals surface area (Å²) in [6, 6.07) is 3.54. The molecule has 0 aromatic carbocycles. The van der Waals surface area contributed by atoms with Crippen molar-refractivity contribution in [3.8, 4) is 0 Å². The quantitative estimate of drug-likeness (QED) is 0.827. The van der Waals surface area contributed by atoms with Gasteiger partial charge >= 0.3 is 0 Å². The van der Waals surface area contributed by atoms with Crippen molar-refractivity contribution in [2.24, 2.45) is 5.92 Å². The fourth-order valence-corrected chi connectivity index (χ4v) is 3.00. The highest BCUT2D eigenvalue weighted by atomic mass is 79.9. The van der Waals surface area contributed by atoms with Gasteiger partial charge in [0.15, 0.2) is 4.67 Å². The molecule has 1 aromatic heterocycles. The van der Waals surface area contributed by atoms with Crippen LogP contribution in [0.25, 0.3) is 6.08 Å². The number of nitrogens with one attached hydrogen (secondary N) is 1. The Labute approximate surface area is 127 Å². The normalized spacial score (nSPS) is 26.9. The molecule has 1 fully saturated rings. The van der Waals surface area contributed by atoms with Crippen molar-refractivity contribution >= 4 is 27.9 Å². The molecule has 2 N–H and O–H groups in total. The maximum atomic E-state index is 11.7. The fraction of sp³-hybridized carbons (Fsp3) is 0.533. The van der Waals surface area contributed by atoms with E-state index in [0.29, 0.717) is 22.9 Å². The van der Waals surface area contributed by atoms with Crippen LogP contribution < -0.4 is 5.32 Å². The molecule has 2 atom stereocenters. The molecule has 1 saturated carbocycles. The topological polar surface area (TPSA) is 62.5 Å². The summed E-state index contributed by atoms with van der Waals surface area (Å²) in [5.41, 5.74) is -0.755. The zero-order chi connectivity index (χ0) is 14.6. The Balaban J connectivity index is 1.81. The highest BCUT2D eigenvalue weighted by Crippen LogP contribution is 2.31. The van der Waals surface area contributed by atoms with Gasteiger partial charge in [-0.2, -0.15) is 0 Å². The Bertz CT molecular complexity index is 497. The molecule has 20 heavy (non-hydrogen) atoms. The molecule has 1 amide bonds. The summed E-state index contributed by atoms with van der Waals surface area (Å²) in [6.45, 7) is 2.45. The Morgan fingerprint density at radius 3 is 3.10 bits per heavy atom. The first kappa shape index (κ1) is 15.3. The second-order valence-corrected chi connectivity index (χ2v) is 6.40. The summed E-state index contributed by atoms with van der Waals surface area (Å²) >= 11 is 3.20. The standard InChI is InChI=1S/C15H20BrNO3/c1-11-3-2-8-15(19,9-11)10-17-14(18)7-5-12-4-6-13(16)20-12/h4-7,11,19H,2-3,8-10H2,1H3,(H,17,18). The van der Waals surface area contributed by atoms with Gasteiger partial charge in [-0.1, -0.05) is 19.8 Å². The van der Waals surface area contributed by atoms with Gasteiger partial charge in [-0.25, -0.2) is 0 Å². The maximum Gasteiger partial charge on any atom is 0.244 e. The number of furan rings is 1. The number of amides is 1. The van der Waals surface area contributed by atoms with Crippen LogP contribution in [0.5, 0.6) is 0 Å². The number of hydrogen-bond donors (Lipinski definition) is 2. The van der Waals surface area contributed by atoms with E-state index in [1.807, 2.05) is 0 Å². The van der Waals surface area contributed by atoms with Gasteiger partial charge in [-0.3, -0.25) is 4.79 Å². The van der Waals surface area contributed by atoms with Crippen molar-refractivity contribution in [3.05, 3.63) is 28.6 Å². The SMILES string of the molecule is CC1CCCC(O)(CNC(=O)C=Cc2ccc(Br)o2)C1. The van der Waals surface area contributed by atoms with E-state index in [1.54, 1.807) is 18.2 Å². The first-order valence-corrected chi connectivity index (χ1v) is 7.70. The lowest BCUT2D eigenvalue weighted by molar-refractivity contribution is -0.118. The van der Waals surface area contributed by atoms with E-state index in [4.69, 9.17) is 4.42 Å². The highest BCUT2D eigenvalue weighted by Gasteiger charge is 2.32. The van der Waals surface area contributed by atoms with E-state index in [0.717, 1.165) is 25.7 Å². The molecule has 0 aliphatic heterocycles. The molecule has 2 rings (SSSR count). The zero-order valence-electron chi connectivity index (χ0n) is 11.6. The third-order valence-electron chi connectivity index (χ3n) is 3.65. The van der Waals surface area contributed by atoms with Crippen LogP contribution in [-0.2, 0) is 4.79 Å². The smallest absolute Gasteiger partial charge is 0.244 e. The van der Waals surface area contributed by atoms with Crippen LogP contribution in [0.3, 0.4) is 0 Å². The van der Waals surface area contributed by atoms with Gasteiger partial charge in [0.05, 0.1) is 5.60 Å². The maximum absolute atomic E-state index is 11.7. The first-order chi connectivity index (χ1) is 9.47. The molecule has 110 valence electrons. The minimum atomic E-state index is -0.755. The molecule has 5 heteroatoms. The summed E-state index contributed by atoms with van der Waals surface area (Å²) in [6.07, 6.45) is 6.70. The molecule has 1 heterocycles. The first-order valence-electron chi connectivity index (χ1n) is 6.90. The summed E-state index contributed by atoms with van der Waals surface area (Å²) in [4.78, 5) is 11.7. The molecule has 1 aliphatic carbocycles. The average molecular weight is 342 g/mol. The van der Waals surface area contributed by atoms with E-state index in [-0.39, 0.29) is 5.91 Å². The van der Waals surface area contributed by atoms with Crippen molar-refractivity contribution in [2.75, 3.05) is 6.54 Å². The van der Waals surface area contributed by atoms with Gasteiger partial charge in [0.25, 0.3) is 0 Å². The molecule has 0 saturated heterocycles. The largest absolute Gasteiger partial charge is 0.450 e. The third kappa shape index (κ3) is 4.49. The second-order valence-electron chi connectivity index (χ2n) is 5.62. The van der Waals surface area contributed by atoms with Gasteiger partial charge < -0.3 is 14.8 Å². The number of carbonyl (C=O) groups excluding carboxylic acids is 1. The monoisotopic (exact) mass is 341 g/mol. The summed E-state index contributed by atoms with van der Waals surface area (Å²) in [5, 5.41) is 13.2. The molecule has 0 bridgehead atoms. The average Bonchev–Trinajstić information content (AvgIpc) is 2.80. The molecule has 0 radical (unpaired) electrons. The molecule has 4 nitrogen and oxygen atoms in total. The molecule has 2 unspecified atom stereocenters. The lowest BCUT2D eigenvalue weighted by atomic mass is 9.79. The number of halogens is 1. The van der Waals surface area contributed by atoms with Crippen molar-refractivity contribution in [3.63, 3.8) is 0 Å². The Hall–Kier alpha value is -1.07.